The van der Waals surface area contributed by atoms with E-state index in [0.717, 1.165) is 0 Å². The molecule has 0 saturated carbocycles. The van der Waals surface area contributed by atoms with E-state index in [1.165, 1.54) is 0 Å². The van der Waals surface area contributed by atoms with Crippen LogP contribution in [0.5, 0.6) is 0 Å². The monoisotopic (exact) mass is 640 g/mol. The maximum atomic E-state index is 12.2. The van der Waals surface area contributed by atoms with E-state index in [1.54, 1.807) is 0 Å². The molecule has 22 heteroatoms. The Kier molecular flexibility index (Phi) is 11.8. The maximum Gasteiger partial charge on any atom is 0.470 e. The van der Waals surface area contributed by atoms with Crippen molar-refractivity contribution in [3.05, 3.63) is 0 Å². The van der Waals surface area contributed by atoms with Crippen LogP contribution in [0.15, 0.2) is 0 Å². The highest BCUT2D eigenvalue weighted by Gasteiger charge is 2.57. The first-order chi connectivity index (χ1) is 19.4. The Balaban J connectivity index is 1.73. The number of carboxylic acids is 1. The fourth-order valence-electron chi connectivity index (χ4n) is 4.68. The lowest BCUT2D eigenvalue weighted by molar-refractivity contribution is -0.339. The van der Waals surface area contributed by atoms with Crippen molar-refractivity contribution in [3.8, 4) is 0 Å². The molecule has 3 heterocycles. The molecular weight excluding hydrogens is 603 g/mol. The molecule has 0 radical (unpaired) electrons. The fourth-order valence-corrected chi connectivity index (χ4v) is 5.26. The van der Waals surface area contributed by atoms with Gasteiger partial charge in [0.15, 0.2) is 12.6 Å². The molecule has 0 amide bonds. The average molecular weight is 640 g/mol. The summed E-state index contributed by atoms with van der Waals surface area (Å²) in [5.74, 6) is -4.76. The summed E-state index contributed by atoms with van der Waals surface area (Å²) in [5.41, 5.74) is 11.4. The number of carboxylic acid groups (broad SMARTS) is 1. The van der Waals surface area contributed by atoms with Crippen LogP contribution < -0.4 is 11.5 Å². The van der Waals surface area contributed by atoms with Gasteiger partial charge in [0.05, 0.1) is 38.0 Å². The Morgan fingerprint density at radius 2 is 1.52 bits per heavy atom. The highest BCUT2D eigenvalue weighted by molar-refractivity contribution is 7.46. The van der Waals surface area contributed by atoms with Crippen LogP contribution >= 0.6 is 7.82 Å². The smallest absolute Gasteiger partial charge is 0.470 e. The quantitative estimate of drug-likeness (QED) is 0.0932. The number of aliphatic hydroxyl groups excluding tert-OH is 8. The molecule has 0 unspecified atom stereocenters. The number of nitrogens with two attached hydrogens (primary N) is 2. The number of aliphatic carboxylic acids is 1. The molecule has 3 aliphatic rings. The molecule has 0 bridgehead atoms. The highest BCUT2D eigenvalue weighted by atomic mass is 31.2. The minimum atomic E-state index is -5.31. The molecule has 0 spiro atoms. The number of ether oxygens (including phenoxy) is 5. The highest BCUT2D eigenvalue weighted by Crippen LogP contribution is 2.44. The Labute approximate surface area is 236 Å². The van der Waals surface area contributed by atoms with Crippen molar-refractivity contribution in [2.75, 3.05) is 19.8 Å². The van der Waals surface area contributed by atoms with E-state index in [-0.39, 0.29) is 0 Å². The summed E-state index contributed by atoms with van der Waals surface area (Å²) in [4.78, 5) is 30.5. The number of hydrogen-bond donors (Lipinski definition) is 13. The van der Waals surface area contributed by atoms with Crippen LogP contribution in [0.25, 0.3) is 0 Å². The van der Waals surface area contributed by atoms with Crippen LogP contribution in [0.4, 0.5) is 0 Å². The number of rotatable bonds is 11. The second-order valence-corrected chi connectivity index (χ2v) is 11.3. The molecule has 246 valence electrons. The Hall–Kier alpha value is -1.02. The SMILES string of the molecule is N[C@@H]1[C@@H](O)[C@H](O)[C@@H](CO[C@@H]2O[C@H](CO[C@]3(C(=O)O)C[C@@H](O)[C@@H](OP(=O)(O)O)[C@@H]([C@H](O)CO)O3)[C@@H](O)[C@H](O)[C@H]2N)O[C@@H]1O. The van der Waals surface area contributed by atoms with E-state index in [4.69, 9.17) is 44.9 Å². The summed E-state index contributed by atoms with van der Waals surface area (Å²) in [6.45, 7) is -2.60. The lowest BCUT2D eigenvalue weighted by atomic mass is 9.92. The van der Waals surface area contributed by atoms with Gasteiger partial charge in [-0.25, -0.2) is 9.36 Å². The van der Waals surface area contributed by atoms with Crippen molar-refractivity contribution in [1.29, 1.82) is 0 Å². The van der Waals surface area contributed by atoms with Crippen molar-refractivity contribution < 1.29 is 93.3 Å². The third kappa shape index (κ3) is 7.79. The minimum absolute atomic E-state index is 0.577. The van der Waals surface area contributed by atoms with Gasteiger partial charge < -0.3 is 90.9 Å². The van der Waals surface area contributed by atoms with Gasteiger partial charge in [0.2, 0.25) is 0 Å². The molecule has 15 N–H and O–H groups in total. The van der Waals surface area contributed by atoms with Crippen LogP contribution in [0, 0.1) is 0 Å². The first kappa shape index (κ1) is 35.5. The van der Waals surface area contributed by atoms with Crippen molar-refractivity contribution in [2.45, 2.75) is 97.9 Å². The third-order valence-corrected chi connectivity index (χ3v) is 7.60. The number of phosphoric ester groups is 1. The van der Waals surface area contributed by atoms with E-state index in [9.17, 15) is 55.3 Å². The predicted octanol–water partition coefficient (Wildman–Crippen LogP) is -7.68. The van der Waals surface area contributed by atoms with E-state index in [2.05, 4.69) is 4.52 Å². The van der Waals surface area contributed by atoms with Gasteiger partial charge in [-0.3, -0.25) is 4.52 Å². The van der Waals surface area contributed by atoms with E-state index >= 15 is 0 Å². The maximum absolute atomic E-state index is 12.2. The number of hydrogen-bond acceptors (Lipinski definition) is 18. The number of aliphatic hydroxyl groups is 8. The average Bonchev–Trinajstić information content (AvgIpc) is 2.92. The molecule has 42 heavy (non-hydrogen) atoms. The zero-order valence-electron chi connectivity index (χ0n) is 21.7. The summed E-state index contributed by atoms with van der Waals surface area (Å²) in [5, 5.41) is 90.6. The normalized spacial score (nSPS) is 45.9. The molecule has 3 rings (SSSR count). The van der Waals surface area contributed by atoms with Crippen LogP contribution in [0.3, 0.4) is 0 Å². The first-order valence-electron chi connectivity index (χ1n) is 12.5. The molecule has 3 fully saturated rings. The molecule has 0 aromatic carbocycles. The summed E-state index contributed by atoms with van der Waals surface area (Å²) >= 11 is 0. The van der Waals surface area contributed by atoms with Gasteiger partial charge in [-0.2, -0.15) is 0 Å². The summed E-state index contributed by atoms with van der Waals surface area (Å²) in [6.07, 6.45) is -22.1. The predicted molar refractivity (Wildman–Crippen MR) is 127 cm³/mol. The van der Waals surface area contributed by atoms with Gasteiger partial charge in [0.1, 0.15) is 54.9 Å². The van der Waals surface area contributed by atoms with Crippen LogP contribution in [-0.4, -0.2) is 173 Å². The molecule has 0 aromatic heterocycles. The van der Waals surface area contributed by atoms with E-state index in [0.29, 0.717) is 0 Å². The summed E-state index contributed by atoms with van der Waals surface area (Å²) in [7, 11) is -5.31. The number of phosphoric acid groups is 1. The molecule has 3 aliphatic heterocycles. The fraction of sp³-hybridized carbons (Fsp3) is 0.950. The van der Waals surface area contributed by atoms with Crippen molar-refractivity contribution in [2.24, 2.45) is 11.5 Å². The van der Waals surface area contributed by atoms with Crippen LogP contribution in [0.2, 0.25) is 0 Å². The van der Waals surface area contributed by atoms with Gasteiger partial charge >= 0.3 is 13.8 Å². The van der Waals surface area contributed by atoms with Gasteiger partial charge in [0.25, 0.3) is 5.79 Å². The standard InChI is InChI=1S/C20H37N2O19P/c21-9-13(28)11(26)7(38-17(9)30)3-36-18-10(22)14(29)12(27)8(39-18)4-37-20(19(31)32)1-5(24)16(41-42(33,34)35)15(40-20)6(25)2-23/h5-18,23-30H,1-4,21-22H2,(H,31,32)(H2,33,34,35)/t5-,6-,7-,8-,9-,10-,11-,12-,13-,14-,15-,16-,17+,18-,20-/m1/s1. The van der Waals surface area contributed by atoms with E-state index < -0.39 is 132 Å². The Bertz CT molecular complexity index is 960. The zero-order chi connectivity index (χ0) is 31.7. The Morgan fingerprint density at radius 3 is 2.07 bits per heavy atom. The molecular formula is C20H37N2O19P. The van der Waals surface area contributed by atoms with Crippen LogP contribution in [-0.2, 0) is 37.6 Å². The third-order valence-electron chi connectivity index (χ3n) is 7.08. The van der Waals surface area contributed by atoms with Gasteiger partial charge in [0, 0.05) is 6.42 Å². The second kappa shape index (κ2) is 14.0. The first-order valence-corrected chi connectivity index (χ1v) is 14.1. The van der Waals surface area contributed by atoms with Gasteiger partial charge in [-0.15, -0.1) is 0 Å². The lowest BCUT2D eigenvalue weighted by Gasteiger charge is -2.46. The largest absolute Gasteiger partial charge is 0.477 e. The molecule has 0 aromatic rings. The Morgan fingerprint density at radius 1 is 0.952 bits per heavy atom. The van der Waals surface area contributed by atoms with Gasteiger partial charge in [-0.1, -0.05) is 0 Å². The van der Waals surface area contributed by atoms with Gasteiger partial charge in [-0.05, 0) is 0 Å². The van der Waals surface area contributed by atoms with Crippen molar-refractivity contribution >= 4 is 13.8 Å². The molecule has 0 aliphatic carbocycles. The summed E-state index contributed by atoms with van der Waals surface area (Å²) in [6, 6.07) is -2.74. The van der Waals surface area contributed by atoms with Crippen molar-refractivity contribution in [3.63, 3.8) is 0 Å². The zero-order valence-corrected chi connectivity index (χ0v) is 22.6. The molecule has 21 nitrogen and oxygen atoms in total. The topological polar surface area (TPSA) is 364 Å². The van der Waals surface area contributed by atoms with E-state index in [1.807, 2.05) is 0 Å². The van der Waals surface area contributed by atoms with Crippen molar-refractivity contribution in [1.82, 2.24) is 0 Å². The second-order valence-electron chi connectivity index (χ2n) is 10.1. The number of carbonyl (C=O) groups is 1. The lowest BCUT2D eigenvalue weighted by Crippen LogP contribution is -2.66. The molecule has 3 saturated heterocycles. The van der Waals surface area contributed by atoms with Crippen LogP contribution in [0.1, 0.15) is 6.42 Å². The minimum Gasteiger partial charge on any atom is -0.477 e. The summed E-state index contributed by atoms with van der Waals surface area (Å²) < 4.78 is 42.4. The molecule has 15 atom stereocenters.